The number of phenolic OH excluding ortho intramolecular Hbond substituents is 1. The molecular weight excluding hydrogens is 326 g/mol. The fourth-order valence-electron chi connectivity index (χ4n) is 3.53. The van der Waals surface area contributed by atoms with Crippen molar-refractivity contribution in [3.63, 3.8) is 0 Å². The summed E-state index contributed by atoms with van der Waals surface area (Å²) < 4.78 is 5.41. The number of hydrogen-bond donors (Lipinski definition) is 1. The van der Waals surface area contributed by atoms with Gasteiger partial charge in [-0.3, -0.25) is 4.90 Å². The zero-order chi connectivity index (χ0) is 17.8. The van der Waals surface area contributed by atoms with Gasteiger partial charge in [0.15, 0.2) is 0 Å². The van der Waals surface area contributed by atoms with Crippen molar-refractivity contribution >= 4 is 0 Å². The first-order chi connectivity index (χ1) is 12.8. The molecule has 5 heteroatoms. The summed E-state index contributed by atoms with van der Waals surface area (Å²) in [4.78, 5) is 6.87. The van der Waals surface area contributed by atoms with E-state index in [1.54, 1.807) is 24.3 Å². The van der Waals surface area contributed by atoms with Crippen molar-refractivity contribution in [2.75, 3.05) is 13.1 Å². The number of aromatic nitrogens is 2. The van der Waals surface area contributed by atoms with Gasteiger partial charge in [-0.05, 0) is 68.1 Å². The SMILES string of the molecule is Oc1ccc(-c2noc(CN3CCC(Cc4ccccc4)CC3)n2)cc1. The second kappa shape index (κ2) is 7.70. The lowest BCUT2D eigenvalue weighted by Gasteiger charge is -2.31. The number of likely N-dealkylation sites (tertiary alicyclic amines) is 1. The van der Waals surface area contributed by atoms with E-state index in [1.807, 2.05) is 0 Å². The summed E-state index contributed by atoms with van der Waals surface area (Å²) in [6.45, 7) is 2.83. The van der Waals surface area contributed by atoms with E-state index >= 15 is 0 Å². The molecule has 134 valence electrons. The topological polar surface area (TPSA) is 62.4 Å². The number of phenols is 1. The predicted molar refractivity (Wildman–Crippen MR) is 99.5 cm³/mol. The molecule has 0 amide bonds. The Morgan fingerprint density at radius 3 is 2.46 bits per heavy atom. The van der Waals surface area contributed by atoms with E-state index in [-0.39, 0.29) is 5.75 Å². The summed E-state index contributed by atoms with van der Waals surface area (Å²) in [6, 6.07) is 17.6. The molecule has 0 bridgehead atoms. The number of piperidine rings is 1. The number of benzene rings is 2. The second-order valence-corrected chi connectivity index (χ2v) is 6.97. The Hall–Kier alpha value is -2.66. The molecule has 0 aliphatic carbocycles. The van der Waals surface area contributed by atoms with Crippen LogP contribution in [0.2, 0.25) is 0 Å². The van der Waals surface area contributed by atoms with Crippen molar-refractivity contribution in [2.45, 2.75) is 25.8 Å². The third-order valence-electron chi connectivity index (χ3n) is 5.03. The molecule has 1 N–H and O–H groups in total. The molecule has 0 unspecified atom stereocenters. The molecule has 0 spiro atoms. The van der Waals surface area contributed by atoms with Crippen molar-refractivity contribution in [2.24, 2.45) is 5.92 Å². The van der Waals surface area contributed by atoms with Crippen molar-refractivity contribution < 1.29 is 9.63 Å². The maximum atomic E-state index is 9.37. The van der Waals surface area contributed by atoms with E-state index in [2.05, 4.69) is 45.4 Å². The van der Waals surface area contributed by atoms with Gasteiger partial charge < -0.3 is 9.63 Å². The van der Waals surface area contributed by atoms with E-state index in [9.17, 15) is 5.11 Å². The molecule has 1 aromatic heterocycles. The van der Waals surface area contributed by atoms with Crippen LogP contribution in [0.15, 0.2) is 59.1 Å². The number of rotatable bonds is 5. The normalized spacial score (nSPS) is 16.0. The van der Waals surface area contributed by atoms with Crippen LogP contribution in [0.5, 0.6) is 5.75 Å². The lowest BCUT2D eigenvalue weighted by atomic mass is 9.90. The van der Waals surface area contributed by atoms with Crippen LogP contribution in [0.4, 0.5) is 0 Å². The largest absolute Gasteiger partial charge is 0.508 e. The van der Waals surface area contributed by atoms with E-state index in [0.717, 1.165) is 24.6 Å². The highest BCUT2D eigenvalue weighted by Gasteiger charge is 2.21. The molecule has 0 saturated carbocycles. The zero-order valence-corrected chi connectivity index (χ0v) is 14.7. The molecule has 1 aliphatic heterocycles. The Balaban J connectivity index is 1.30. The highest BCUT2D eigenvalue weighted by molar-refractivity contribution is 5.55. The minimum absolute atomic E-state index is 0.232. The van der Waals surface area contributed by atoms with Gasteiger partial charge in [-0.15, -0.1) is 0 Å². The molecule has 2 heterocycles. The Morgan fingerprint density at radius 1 is 1.00 bits per heavy atom. The van der Waals surface area contributed by atoms with Crippen molar-refractivity contribution in [1.29, 1.82) is 0 Å². The summed E-state index contributed by atoms with van der Waals surface area (Å²) in [5.41, 5.74) is 2.28. The molecule has 26 heavy (non-hydrogen) atoms. The quantitative estimate of drug-likeness (QED) is 0.757. The van der Waals surface area contributed by atoms with Gasteiger partial charge in [-0.2, -0.15) is 4.98 Å². The molecule has 0 atom stereocenters. The summed E-state index contributed by atoms with van der Waals surface area (Å²) in [7, 11) is 0. The number of nitrogens with zero attached hydrogens (tertiary/aromatic N) is 3. The third-order valence-corrected chi connectivity index (χ3v) is 5.03. The van der Waals surface area contributed by atoms with Gasteiger partial charge in [-0.25, -0.2) is 0 Å². The van der Waals surface area contributed by atoms with Crippen LogP contribution in [0, 0.1) is 5.92 Å². The Morgan fingerprint density at radius 2 is 1.73 bits per heavy atom. The fourth-order valence-corrected chi connectivity index (χ4v) is 3.53. The Bertz CT molecular complexity index is 822. The molecule has 5 nitrogen and oxygen atoms in total. The smallest absolute Gasteiger partial charge is 0.241 e. The fraction of sp³-hybridized carbons (Fsp3) is 0.333. The minimum Gasteiger partial charge on any atom is -0.508 e. The molecule has 4 rings (SSSR count). The van der Waals surface area contributed by atoms with Gasteiger partial charge >= 0.3 is 0 Å². The van der Waals surface area contributed by atoms with E-state index < -0.39 is 0 Å². The van der Waals surface area contributed by atoms with Crippen LogP contribution in [0.1, 0.15) is 24.3 Å². The number of hydrogen-bond acceptors (Lipinski definition) is 5. The lowest BCUT2D eigenvalue weighted by molar-refractivity contribution is 0.159. The van der Waals surface area contributed by atoms with Crippen LogP contribution in [0.3, 0.4) is 0 Å². The first kappa shape index (κ1) is 16.8. The lowest BCUT2D eigenvalue weighted by Crippen LogP contribution is -2.33. The monoisotopic (exact) mass is 349 g/mol. The Kier molecular flexibility index (Phi) is 4.97. The molecule has 0 radical (unpaired) electrons. The Labute approximate surface area is 153 Å². The van der Waals surface area contributed by atoms with Crippen LogP contribution in [-0.2, 0) is 13.0 Å². The second-order valence-electron chi connectivity index (χ2n) is 6.97. The summed E-state index contributed by atoms with van der Waals surface area (Å²) >= 11 is 0. The van der Waals surface area contributed by atoms with Gasteiger partial charge in [-0.1, -0.05) is 35.5 Å². The van der Waals surface area contributed by atoms with E-state index in [4.69, 9.17) is 4.52 Å². The minimum atomic E-state index is 0.232. The summed E-state index contributed by atoms with van der Waals surface area (Å²) in [5.74, 6) is 2.20. The van der Waals surface area contributed by atoms with Crippen LogP contribution in [-0.4, -0.2) is 33.2 Å². The zero-order valence-electron chi connectivity index (χ0n) is 14.7. The predicted octanol–water partition coefficient (Wildman–Crippen LogP) is 3.90. The van der Waals surface area contributed by atoms with Crippen molar-refractivity contribution in [3.8, 4) is 17.1 Å². The number of aromatic hydroxyl groups is 1. The maximum Gasteiger partial charge on any atom is 0.241 e. The molecule has 1 saturated heterocycles. The third kappa shape index (κ3) is 4.11. The van der Waals surface area contributed by atoms with Crippen LogP contribution >= 0.6 is 0 Å². The summed E-state index contributed by atoms with van der Waals surface area (Å²) in [6.07, 6.45) is 3.57. The van der Waals surface area contributed by atoms with Crippen LogP contribution in [0.25, 0.3) is 11.4 Å². The molecule has 1 fully saturated rings. The highest BCUT2D eigenvalue weighted by Crippen LogP contribution is 2.23. The molecule has 3 aromatic rings. The van der Waals surface area contributed by atoms with Gasteiger partial charge in [0, 0.05) is 5.56 Å². The average molecular weight is 349 g/mol. The van der Waals surface area contributed by atoms with Gasteiger partial charge in [0.05, 0.1) is 6.54 Å². The first-order valence-corrected chi connectivity index (χ1v) is 9.14. The van der Waals surface area contributed by atoms with Gasteiger partial charge in [0.1, 0.15) is 5.75 Å². The van der Waals surface area contributed by atoms with E-state index in [1.165, 1.54) is 24.8 Å². The van der Waals surface area contributed by atoms with Gasteiger partial charge in [0.25, 0.3) is 0 Å². The van der Waals surface area contributed by atoms with Gasteiger partial charge in [0.2, 0.25) is 11.7 Å². The van der Waals surface area contributed by atoms with Crippen molar-refractivity contribution in [3.05, 3.63) is 66.1 Å². The average Bonchev–Trinajstić information content (AvgIpc) is 3.13. The highest BCUT2D eigenvalue weighted by atomic mass is 16.5. The maximum absolute atomic E-state index is 9.37. The first-order valence-electron chi connectivity index (χ1n) is 9.14. The van der Waals surface area contributed by atoms with E-state index in [0.29, 0.717) is 18.3 Å². The van der Waals surface area contributed by atoms with Crippen molar-refractivity contribution in [1.82, 2.24) is 15.0 Å². The molecule has 1 aliphatic rings. The molecular formula is C21H23N3O2. The van der Waals surface area contributed by atoms with Crippen LogP contribution < -0.4 is 0 Å². The standard InChI is InChI=1S/C21H23N3O2/c25-19-8-6-18(7-9-19)21-22-20(26-23-21)15-24-12-10-17(11-13-24)14-16-4-2-1-3-5-16/h1-9,17,25H,10-15H2. The summed E-state index contributed by atoms with van der Waals surface area (Å²) in [5, 5.41) is 13.4. The molecule has 2 aromatic carbocycles.